The van der Waals surface area contributed by atoms with E-state index in [2.05, 4.69) is 15.2 Å². The number of aromatic nitrogens is 5. The fourth-order valence-electron chi connectivity index (χ4n) is 4.01. The van der Waals surface area contributed by atoms with Crippen molar-refractivity contribution in [3.8, 4) is 5.69 Å². The number of nitrogen functional groups attached to an aromatic ring is 1. The molecule has 8 nitrogen and oxygen atoms in total. The molecule has 0 bridgehead atoms. The summed E-state index contributed by atoms with van der Waals surface area (Å²) >= 11 is 4.53. The summed E-state index contributed by atoms with van der Waals surface area (Å²) in [4.78, 5) is 23.6. The summed E-state index contributed by atoms with van der Waals surface area (Å²) < 4.78 is 7.01. The summed E-state index contributed by atoms with van der Waals surface area (Å²) in [6.07, 6.45) is 4.58. The smallest absolute Gasteiger partial charge is 0.316 e. The van der Waals surface area contributed by atoms with E-state index in [1.165, 1.54) is 46.8 Å². The second-order valence-electron chi connectivity index (χ2n) is 7.73. The molecule has 1 aromatic carbocycles. The Bertz CT molecular complexity index is 1320. The van der Waals surface area contributed by atoms with Gasteiger partial charge < -0.3 is 10.5 Å². The van der Waals surface area contributed by atoms with Crippen LogP contribution in [0.1, 0.15) is 36.0 Å². The number of rotatable bonds is 8. The molecule has 2 N–H and O–H groups in total. The van der Waals surface area contributed by atoms with E-state index in [4.69, 9.17) is 15.5 Å². The second-order valence-corrected chi connectivity index (χ2v) is 10.7. The molecule has 0 aliphatic heterocycles. The number of carbonyl (C=O) groups excluding carboxylic acids is 1. The molecule has 34 heavy (non-hydrogen) atoms. The Balaban J connectivity index is 1.40. The molecule has 0 fully saturated rings. The molecule has 0 spiro atoms. The van der Waals surface area contributed by atoms with Gasteiger partial charge in [0.2, 0.25) is 0 Å². The molecule has 11 heteroatoms. The lowest BCUT2D eigenvalue weighted by Crippen LogP contribution is -2.08. The second kappa shape index (κ2) is 10.3. The molecule has 0 unspecified atom stereocenters. The summed E-state index contributed by atoms with van der Waals surface area (Å²) in [6, 6.07) is 9.86. The number of carbonyl (C=O) groups is 1. The van der Waals surface area contributed by atoms with Gasteiger partial charge in [0.25, 0.3) is 0 Å². The lowest BCUT2D eigenvalue weighted by molar-refractivity contribution is -0.139. The van der Waals surface area contributed by atoms with Gasteiger partial charge in [0.1, 0.15) is 16.5 Å². The number of ether oxygens (including phenoxy) is 1. The number of anilines is 1. The largest absolute Gasteiger partial charge is 0.465 e. The van der Waals surface area contributed by atoms with E-state index in [1.807, 2.05) is 34.9 Å². The molecule has 176 valence electrons. The Morgan fingerprint density at radius 1 is 1.15 bits per heavy atom. The van der Waals surface area contributed by atoms with Crippen molar-refractivity contribution in [2.45, 2.75) is 48.7 Å². The minimum absolute atomic E-state index is 0.172. The van der Waals surface area contributed by atoms with Crippen LogP contribution in [0.5, 0.6) is 0 Å². The Morgan fingerprint density at radius 2 is 1.97 bits per heavy atom. The first kappa shape index (κ1) is 23.1. The third kappa shape index (κ3) is 4.77. The molecule has 0 saturated heterocycles. The molecule has 4 aromatic rings. The average Bonchev–Trinajstić information content (AvgIpc) is 3.43. The highest BCUT2D eigenvalue weighted by molar-refractivity contribution is 7.99. The zero-order valence-electron chi connectivity index (χ0n) is 18.7. The van der Waals surface area contributed by atoms with Gasteiger partial charge in [0.15, 0.2) is 10.3 Å². The number of para-hydroxylation sites is 1. The quantitative estimate of drug-likeness (QED) is 0.204. The van der Waals surface area contributed by atoms with Crippen molar-refractivity contribution in [2.75, 3.05) is 18.1 Å². The van der Waals surface area contributed by atoms with Gasteiger partial charge in [-0.25, -0.2) is 9.97 Å². The van der Waals surface area contributed by atoms with E-state index >= 15 is 0 Å². The summed E-state index contributed by atoms with van der Waals surface area (Å²) in [7, 11) is 0. The van der Waals surface area contributed by atoms with Gasteiger partial charge in [-0.05, 0) is 50.3 Å². The fourth-order valence-corrected chi connectivity index (χ4v) is 6.87. The normalized spacial score (nSPS) is 13.2. The van der Waals surface area contributed by atoms with E-state index in [1.54, 1.807) is 18.3 Å². The number of aryl methyl sites for hydroxylation is 2. The van der Waals surface area contributed by atoms with Crippen molar-refractivity contribution in [2.24, 2.45) is 0 Å². The molecule has 0 atom stereocenters. The Hall–Kier alpha value is -2.63. The van der Waals surface area contributed by atoms with E-state index < -0.39 is 0 Å². The maximum absolute atomic E-state index is 11.9. The highest BCUT2D eigenvalue weighted by atomic mass is 32.2. The number of hydrogen-bond acceptors (Lipinski definition) is 10. The molecule has 3 aromatic heterocycles. The molecule has 1 aliphatic carbocycles. The highest BCUT2D eigenvalue weighted by Gasteiger charge is 2.21. The number of hydrogen-bond donors (Lipinski definition) is 1. The zero-order valence-corrected chi connectivity index (χ0v) is 21.1. The van der Waals surface area contributed by atoms with Crippen molar-refractivity contribution in [3.63, 3.8) is 0 Å². The van der Waals surface area contributed by atoms with Crippen LogP contribution in [0.15, 0.2) is 40.6 Å². The zero-order chi connectivity index (χ0) is 23.5. The van der Waals surface area contributed by atoms with Crippen molar-refractivity contribution in [1.29, 1.82) is 0 Å². The van der Waals surface area contributed by atoms with Gasteiger partial charge in [0.05, 0.1) is 23.5 Å². The van der Waals surface area contributed by atoms with Crippen LogP contribution < -0.4 is 5.73 Å². The van der Waals surface area contributed by atoms with E-state index in [0.29, 0.717) is 28.5 Å². The highest BCUT2D eigenvalue weighted by Crippen LogP contribution is 2.39. The number of esters is 1. The molecular formula is C23H24N6O2S3. The lowest BCUT2D eigenvalue weighted by atomic mass is 9.97. The van der Waals surface area contributed by atoms with Crippen molar-refractivity contribution < 1.29 is 9.53 Å². The van der Waals surface area contributed by atoms with Crippen molar-refractivity contribution in [3.05, 3.63) is 46.6 Å². The van der Waals surface area contributed by atoms with Crippen LogP contribution in [0.2, 0.25) is 0 Å². The van der Waals surface area contributed by atoms with Gasteiger partial charge in [-0.15, -0.1) is 21.5 Å². The first-order chi connectivity index (χ1) is 16.6. The summed E-state index contributed by atoms with van der Waals surface area (Å²) in [5, 5.41) is 11.0. The van der Waals surface area contributed by atoms with Crippen LogP contribution in [0.4, 0.5) is 5.82 Å². The third-order valence-corrected chi connectivity index (χ3v) is 8.42. The summed E-state index contributed by atoms with van der Waals surface area (Å²) in [6.45, 7) is 2.15. The van der Waals surface area contributed by atoms with Crippen LogP contribution in [0.25, 0.3) is 15.9 Å². The number of nitrogens with two attached hydrogens (primary N) is 1. The molecular weight excluding hydrogens is 488 g/mol. The van der Waals surface area contributed by atoms with Gasteiger partial charge in [0, 0.05) is 10.6 Å². The maximum atomic E-state index is 11.9. The SMILES string of the molecule is CCOC(=O)CSc1nnc(CSc2nc(N)c3c4c(sc3n2)CCCC4)n1-c1ccccc1. The predicted molar refractivity (Wildman–Crippen MR) is 137 cm³/mol. The summed E-state index contributed by atoms with van der Waals surface area (Å²) in [5.41, 5.74) is 8.64. The van der Waals surface area contributed by atoms with E-state index in [0.717, 1.165) is 34.6 Å². The predicted octanol–water partition coefficient (Wildman–Crippen LogP) is 4.68. The van der Waals surface area contributed by atoms with Gasteiger partial charge in [-0.3, -0.25) is 9.36 Å². The molecule has 0 amide bonds. The Morgan fingerprint density at radius 3 is 2.79 bits per heavy atom. The van der Waals surface area contributed by atoms with Gasteiger partial charge in [-0.2, -0.15) is 0 Å². The minimum atomic E-state index is -0.276. The topological polar surface area (TPSA) is 109 Å². The number of benzene rings is 1. The first-order valence-corrected chi connectivity index (χ1v) is 13.9. The van der Waals surface area contributed by atoms with E-state index in [-0.39, 0.29) is 11.7 Å². The minimum Gasteiger partial charge on any atom is -0.465 e. The number of fused-ring (bicyclic) bond motifs is 3. The fraction of sp³-hybridized carbons (Fsp3) is 0.348. The maximum Gasteiger partial charge on any atom is 0.316 e. The van der Waals surface area contributed by atoms with Crippen molar-refractivity contribution >= 4 is 56.9 Å². The molecule has 5 rings (SSSR count). The molecule has 0 radical (unpaired) electrons. The number of thiophene rings is 1. The average molecular weight is 513 g/mol. The van der Waals surface area contributed by atoms with Crippen molar-refractivity contribution in [1.82, 2.24) is 24.7 Å². The molecule has 1 aliphatic rings. The third-order valence-electron chi connectivity index (χ3n) is 5.49. The van der Waals surface area contributed by atoms with Crippen LogP contribution >= 0.6 is 34.9 Å². The monoisotopic (exact) mass is 512 g/mol. The van der Waals surface area contributed by atoms with Crippen LogP contribution in [-0.2, 0) is 28.1 Å². The van der Waals surface area contributed by atoms with Crippen LogP contribution in [0.3, 0.4) is 0 Å². The van der Waals surface area contributed by atoms with Gasteiger partial charge >= 0.3 is 5.97 Å². The van der Waals surface area contributed by atoms with Gasteiger partial charge in [-0.1, -0.05) is 41.7 Å². The van der Waals surface area contributed by atoms with Crippen LogP contribution in [-0.4, -0.2) is 43.1 Å². The Labute approximate surface area is 209 Å². The lowest BCUT2D eigenvalue weighted by Gasteiger charge is -2.11. The van der Waals surface area contributed by atoms with E-state index in [9.17, 15) is 4.79 Å². The molecule has 0 saturated carbocycles. The van der Waals surface area contributed by atoms with Crippen LogP contribution in [0, 0.1) is 0 Å². The number of nitrogens with zero attached hydrogens (tertiary/aromatic N) is 5. The first-order valence-electron chi connectivity index (χ1n) is 11.1. The summed E-state index contributed by atoms with van der Waals surface area (Å²) in [5.74, 6) is 1.71. The molecule has 3 heterocycles. The Kier molecular flexibility index (Phi) is 7.02. The number of thioether (sulfide) groups is 2. The standard InChI is InChI=1S/C23H24N6O2S3/c1-2-31-18(30)13-33-23-28-27-17(29(23)14-8-4-3-5-9-14)12-32-22-25-20(24)19-15-10-6-7-11-16(15)34-21(19)26-22/h3-5,8-9H,2,6-7,10-13H2,1H3,(H2,24,25,26).